The largest absolute Gasteiger partial charge is 0.328 e. The Balaban J connectivity index is 1.92. The van der Waals surface area contributed by atoms with E-state index in [4.69, 9.17) is 0 Å². The molecule has 0 saturated heterocycles. The van der Waals surface area contributed by atoms with Crippen molar-refractivity contribution in [2.75, 3.05) is 10.6 Å². The van der Waals surface area contributed by atoms with E-state index in [1.165, 1.54) is 18.2 Å². The number of H-pyrrole nitrogens is 1. The van der Waals surface area contributed by atoms with Gasteiger partial charge in [-0.25, -0.2) is 4.79 Å². The summed E-state index contributed by atoms with van der Waals surface area (Å²) in [6, 6.07) is 9.79. The third kappa shape index (κ3) is 4.11. The van der Waals surface area contributed by atoms with Crippen LogP contribution in [-0.2, 0) is 11.3 Å². The minimum Gasteiger partial charge on any atom is -0.326 e. The van der Waals surface area contributed by atoms with E-state index in [0.717, 1.165) is 10.1 Å². The molecule has 0 radical (unpaired) electrons. The van der Waals surface area contributed by atoms with Crippen molar-refractivity contribution >= 4 is 34.1 Å². The molecule has 2 amide bonds. The molecule has 0 aliphatic rings. The van der Waals surface area contributed by atoms with Crippen molar-refractivity contribution in [3.8, 4) is 0 Å². The number of fused-ring (bicyclic) bond motifs is 1. The molecule has 0 atom stereocenters. The average Bonchev–Trinajstić information content (AvgIpc) is 2.70. The van der Waals surface area contributed by atoms with Crippen LogP contribution >= 0.6 is 0 Å². The van der Waals surface area contributed by atoms with Crippen molar-refractivity contribution in [1.82, 2.24) is 9.55 Å². The first-order valence-corrected chi connectivity index (χ1v) is 9.32. The monoisotopic (exact) mass is 394 g/mol. The number of aromatic amines is 1. The molecule has 29 heavy (non-hydrogen) atoms. The topological polar surface area (TPSA) is 113 Å². The summed E-state index contributed by atoms with van der Waals surface area (Å²) in [6.07, 6.45) is 0.352. The van der Waals surface area contributed by atoms with Crippen molar-refractivity contribution in [3.05, 3.63) is 68.4 Å². The Morgan fingerprint density at radius 1 is 1.03 bits per heavy atom. The zero-order chi connectivity index (χ0) is 21.1. The van der Waals surface area contributed by atoms with Crippen molar-refractivity contribution in [2.24, 2.45) is 0 Å². The summed E-state index contributed by atoms with van der Waals surface area (Å²) in [5, 5.41) is 5.90. The number of aryl methyl sites for hydroxylation is 1. The fourth-order valence-electron chi connectivity index (χ4n) is 2.96. The van der Waals surface area contributed by atoms with Gasteiger partial charge < -0.3 is 15.6 Å². The van der Waals surface area contributed by atoms with Crippen LogP contribution in [0, 0.1) is 6.92 Å². The number of rotatable bonds is 5. The van der Waals surface area contributed by atoms with Crippen molar-refractivity contribution in [2.45, 2.75) is 33.7 Å². The van der Waals surface area contributed by atoms with Crippen molar-refractivity contribution in [3.63, 3.8) is 0 Å². The summed E-state index contributed by atoms with van der Waals surface area (Å²) in [4.78, 5) is 51.3. The van der Waals surface area contributed by atoms with Crippen LogP contribution in [-0.4, -0.2) is 21.4 Å². The Labute approximate surface area is 166 Å². The second-order valence-electron chi connectivity index (χ2n) is 6.63. The second kappa shape index (κ2) is 8.14. The van der Waals surface area contributed by atoms with E-state index in [9.17, 15) is 19.2 Å². The quantitative estimate of drug-likeness (QED) is 0.617. The lowest BCUT2D eigenvalue weighted by atomic mass is 10.1. The Hall–Kier alpha value is -3.68. The van der Waals surface area contributed by atoms with Gasteiger partial charge in [0.05, 0.1) is 10.9 Å². The number of hydrogen-bond donors (Lipinski definition) is 3. The smallest absolute Gasteiger partial charge is 0.326 e. The first-order valence-electron chi connectivity index (χ1n) is 9.32. The van der Waals surface area contributed by atoms with Gasteiger partial charge in [0, 0.05) is 29.9 Å². The lowest BCUT2D eigenvalue weighted by molar-refractivity contribution is -0.115. The number of aromatic nitrogens is 2. The third-order valence-corrected chi connectivity index (χ3v) is 4.65. The van der Waals surface area contributed by atoms with Crippen molar-refractivity contribution in [1.29, 1.82) is 0 Å². The van der Waals surface area contributed by atoms with Gasteiger partial charge in [-0.1, -0.05) is 13.0 Å². The Kier molecular flexibility index (Phi) is 5.63. The SMILES string of the molecule is CCC(=O)Nc1ccc(C)c(NC(=O)c2ccc3c(=O)n(CC)c(=O)[nH]c3c2)c1. The van der Waals surface area contributed by atoms with E-state index < -0.39 is 17.2 Å². The van der Waals surface area contributed by atoms with Gasteiger partial charge in [-0.3, -0.25) is 19.0 Å². The van der Waals surface area contributed by atoms with Crippen LogP contribution in [0.2, 0.25) is 0 Å². The molecule has 150 valence electrons. The number of anilines is 2. The Morgan fingerprint density at radius 2 is 1.79 bits per heavy atom. The molecule has 0 spiro atoms. The molecule has 0 aliphatic carbocycles. The van der Waals surface area contributed by atoms with E-state index in [0.29, 0.717) is 34.3 Å². The predicted molar refractivity (Wildman–Crippen MR) is 113 cm³/mol. The Morgan fingerprint density at radius 3 is 2.48 bits per heavy atom. The predicted octanol–water partition coefficient (Wildman–Crippen LogP) is 2.62. The molecule has 1 aromatic heterocycles. The molecule has 0 aliphatic heterocycles. The number of nitrogens with zero attached hydrogens (tertiary/aromatic N) is 1. The fourth-order valence-corrected chi connectivity index (χ4v) is 2.96. The zero-order valence-corrected chi connectivity index (χ0v) is 16.5. The molecule has 2 aromatic carbocycles. The summed E-state index contributed by atoms with van der Waals surface area (Å²) >= 11 is 0. The second-order valence-corrected chi connectivity index (χ2v) is 6.63. The van der Waals surface area contributed by atoms with Gasteiger partial charge in [-0.2, -0.15) is 0 Å². The van der Waals surface area contributed by atoms with E-state index >= 15 is 0 Å². The molecule has 0 bridgehead atoms. The van der Waals surface area contributed by atoms with Crippen LogP contribution in [0.15, 0.2) is 46.0 Å². The fraction of sp³-hybridized carbons (Fsp3) is 0.238. The highest BCUT2D eigenvalue weighted by molar-refractivity contribution is 6.06. The number of nitrogens with one attached hydrogen (secondary N) is 3. The lowest BCUT2D eigenvalue weighted by Gasteiger charge is -2.12. The van der Waals surface area contributed by atoms with E-state index in [1.807, 2.05) is 6.92 Å². The van der Waals surface area contributed by atoms with E-state index in [2.05, 4.69) is 15.6 Å². The molecular weight excluding hydrogens is 372 g/mol. The average molecular weight is 394 g/mol. The maximum absolute atomic E-state index is 12.7. The molecule has 3 N–H and O–H groups in total. The van der Waals surface area contributed by atoms with Gasteiger partial charge in [-0.05, 0) is 49.7 Å². The standard InChI is InChI=1S/C21H22N4O4/c1-4-18(26)22-14-8-6-12(3)16(11-14)23-19(27)13-7-9-15-17(10-13)24-21(29)25(5-2)20(15)28/h6-11H,4-5H2,1-3H3,(H,22,26)(H,23,27)(H,24,29). The highest BCUT2D eigenvalue weighted by Gasteiger charge is 2.12. The molecule has 0 unspecified atom stereocenters. The van der Waals surface area contributed by atoms with Crippen molar-refractivity contribution < 1.29 is 9.59 Å². The zero-order valence-electron chi connectivity index (χ0n) is 16.5. The first kappa shape index (κ1) is 20.1. The summed E-state index contributed by atoms with van der Waals surface area (Å²) in [5.74, 6) is -0.517. The molecule has 0 saturated carbocycles. The summed E-state index contributed by atoms with van der Waals surface area (Å²) < 4.78 is 1.10. The molecule has 0 fully saturated rings. The number of carbonyl (C=O) groups excluding carboxylic acids is 2. The normalized spacial score (nSPS) is 10.7. The maximum Gasteiger partial charge on any atom is 0.328 e. The number of benzene rings is 2. The highest BCUT2D eigenvalue weighted by atomic mass is 16.2. The minimum absolute atomic E-state index is 0.123. The molecule has 8 nitrogen and oxygen atoms in total. The first-order chi connectivity index (χ1) is 13.8. The molecular formula is C21H22N4O4. The number of amides is 2. The Bertz CT molecular complexity index is 1220. The molecule has 1 heterocycles. The van der Waals surface area contributed by atoms with Crippen LogP contribution in [0.1, 0.15) is 36.2 Å². The van der Waals surface area contributed by atoms with Gasteiger partial charge in [0.2, 0.25) is 5.91 Å². The molecule has 3 rings (SSSR count). The highest BCUT2D eigenvalue weighted by Crippen LogP contribution is 2.21. The van der Waals surface area contributed by atoms with Crippen LogP contribution in [0.3, 0.4) is 0 Å². The van der Waals surface area contributed by atoms with Crippen LogP contribution in [0.4, 0.5) is 11.4 Å². The molecule has 3 aromatic rings. The van der Waals surface area contributed by atoms with E-state index in [-0.39, 0.29) is 12.5 Å². The number of carbonyl (C=O) groups is 2. The van der Waals surface area contributed by atoms with Gasteiger partial charge in [0.1, 0.15) is 0 Å². The lowest BCUT2D eigenvalue weighted by Crippen LogP contribution is -2.34. The minimum atomic E-state index is -0.516. The van der Waals surface area contributed by atoms with Gasteiger partial charge in [-0.15, -0.1) is 0 Å². The van der Waals surface area contributed by atoms with Gasteiger partial charge >= 0.3 is 5.69 Å². The summed E-state index contributed by atoms with van der Waals surface area (Å²) in [5.41, 5.74) is 1.65. The number of hydrogen-bond acceptors (Lipinski definition) is 4. The maximum atomic E-state index is 12.7. The van der Waals surface area contributed by atoms with Crippen LogP contribution in [0.25, 0.3) is 10.9 Å². The van der Waals surface area contributed by atoms with Gasteiger partial charge in [0.25, 0.3) is 11.5 Å². The van der Waals surface area contributed by atoms with Crippen LogP contribution < -0.4 is 21.9 Å². The summed E-state index contributed by atoms with van der Waals surface area (Å²) in [7, 11) is 0. The molecule has 8 heteroatoms. The third-order valence-electron chi connectivity index (χ3n) is 4.65. The van der Waals surface area contributed by atoms with E-state index in [1.54, 1.807) is 32.0 Å². The summed E-state index contributed by atoms with van der Waals surface area (Å²) in [6.45, 7) is 5.57. The van der Waals surface area contributed by atoms with Gasteiger partial charge in [0.15, 0.2) is 0 Å². The van der Waals surface area contributed by atoms with Crippen LogP contribution in [0.5, 0.6) is 0 Å².